The van der Waals surface area contributed by atoms with Crippen molar-refractivity contribution >= 4 is 46.0 Å². The van der Waals surface area contributed by atoms with Crippen molar-refractivity contribution in [2.24, 2.45) is 0 Å². The fraction of sp³-hybridized carbons (Fsp3) is 0.250. The number of thiocarbonyl (C=S) groups is 1. The lowest BCUT2D eigenvalue weighted by Crippen LogP contribution is -2.27. The quantitative estimate of drug-likeness (QED) is 0.290. The summed E-state index contributed by atoms with van der Waals surface area (Å²) in [5, 5.41) is 0. The maximum atomic E-state index is 13.1. The molecule has 0 radical (unpaired) electrons. The topological polar surface area (TPSA) is 38.8 Å². The number of aryl methyl sites for hydroxylation is 1. The molecule has 156 valence electrons. The number of thioether (sulfide) groups is 1. The normalized spacial score (nSPS) is 15.0. The summed E-state index contributed by atoms with van der Waals surface area (Å²) >= 11 is 6.79. The van der Waals surface area contributed by atoms with Crippen LogP contribution in [0.25, 0.3) is 6.08 Å². The molecule has 0 N–H and O–H groups in total. The Bertz CT molecular complexity index is 996. The number of ether oxygens (including phenoxy) is 2. The van der Waals surface area contributed by atoms with Gasteiger partial charge in [0.25, 0.3) is 5.91 Å². The molecule has 1 amide bonds. The second-order valence-corrected chi connectivity index (χ2v) is 8.39. The molecule has 0 atom stereocenters. The predicted molar refractivity (Wildman–Crippen MR) is 130 cm³/mol. The summed E-state index contributed by atoms with van der Waals surface area (Å²) in [5.41, 5.74) is 3.74. The van der Waals surface area contributed by atoms with Gasteiger partial charge in [-0.25, -0.2) is 0 Å². The van der Waals surface area contributed by atoms with E-state index in [0.29, 0.717) is 34.6 Å². The lowest BCUT2D eigenvalue weighted by molar-refractivity contribution is -0.113. The number of nitrogens with zero attached hydrogens (tertiary/aromatic N) is 1. The highest BCUT2D eigenvalue weighted by Crippen LogP contribution is 2.39. The number of hydrogen-bond acceptors (Lipinski definition) is 5. The maximum absolute atomic E-state index is 13.1. The first-order chi connectivity index (χ1) is 14.5. The molecule has 3 rings (SSSR count). The molecule has 1 saturated heterocycles. The van der Waals surface area contributed by atoms with E-state index in [1.165, 1.54) is 11.8 Å². The highest BCUT2D eigenvalue weighted by molar-refractivity contribution is 8.27. The lowest BCUT2D eigenvalue weighted by Gasteiger charge is -2.16. The summed E-state index contributed by atoms with van der Waals surface area (Å²) in [7, 11) is 0. The van der Waals surface area contributed by atoms with Crippen LogP contribution < -0.4 is 14.4 Å². The van der Waals surface area contributed by atoms with E-state index in [1.807, 2.05) is 69.3 Å². The van der Waals surface area contributed by atoms with Crippen molar-refractivity contribution in [3.8, 4) is 11.5 Å². The van der Waals surface area contributed by atoms with Crippen molar-refractivity contribution in [3.05, 3.63) is 70.6 Å². The first-order valence-electron chi connectivity index (χ1n) is 9.86. The molecule has 2 aromatic rings. The molecule has 1 aliphatic rings. The minimum absolute atomic E-state index is 0.119. The van der Waals surface area contributed by atoms with Gasteiger partial charge in [0.05, 0.1) is 23.8 Å². The van der Waals surface area contributed by atoms with Crippen LogP contribution in [-0.2, 0) is 11.2 Å². The van der Waals surface area contributed by atoms with Crippen LogP contribution in [0, 0.1) is 6.92 Å². The Morgan fingerprint density at radius 2 is 1.83 bits per heavy atom. The second kappa shape index (κ2) is 9.96. The summed E-state index contributed by atoms with van der Waals surface area (Å²) in [6.45, 7) is 10.8. The highest BCUT2D eigenvalue weighted by atomic mass is 32.2. The van der Waals surface area contributed by atoms with Crippen molar-refractivity contribution in [1.29, 1.82) is 0 Å². The summed E-state index contributed by atoms with van der Waals surface area (Å²) in [6, 6.07) is 11.7. The highest BCUT2D eigenvalue weighted by Gasteiger charge is 2.33. The van der Waals surface area contributed by atoms with E-state index in [0.717, 1.165) is 28.1 Å². The van der Waals surface area contributed by atoms with Gasteiger partial charge in [0.15, 0.2) is 15.8 Å². The molecular formula is C24H25NO3S2. The SMILES string of the molecule is C=CCc1cc(/C=C2\SC(=S)N(c3ccc(C)cc3)C2=O)cc(OCC)c1OCC. The number of carbonyl (C=O) groups is 1. The number of carbonyl (C=O) groups excluding carboxylic acids is 1. The summed E-state index contributed by atoms with van der Waals surface area (Å²) in [5.74, 6) is 1.27. The van der Waals surface area contributed by atoms with E-state index >= 15 is 0 Å². The standard InChI is InChI=1S/C24H25NO3S2/c1-5-8-18-13-17(14-20(27-6-2)22(18)28-7-3)15-21-23(26)25(24(29)30-21)19-11-9-16(4)10-12-19/h5,9-15H,1,6-8H2,2-4H3/b21-15-. The van der Waals surface area contributed by atoms with Gasteiger partial charge in [-0.05, 0) is 63.1 Å². The second-order valence-electron chi connectivity index (χ2n) is 6.72. The van der Waals surface area contributed by atoms with Crippen molar-refractivity contribution in [2.45, 2.75) is 27.2 Å². The molecule has 1 fully saturated rings. The van der Waals surface area contributed by atoms with E-state index in [4.69, 9.17) is 21.7 Å². The smallest absolute Gasteiger partial charge is 0.270 e. The Morgan fingerprint density at radius 3 is 2.47 bits per heavy atom. The van der Waals surface area contributed by atoms with Crippen molar-refractivity contribution in [1.82, 2.24) is 0 Å². The minimum Gasteiger partial charge on any atom is -0.490 e. The van der Waals surface area contributed by atoms with E-state index in [1.54, 1.807) is 4.90 Å². The fourth-order valence-electron chi connectivity index (χ4n) is 3.18. The van der Waals surface area contributed by atoms with E-state index in [-0.39, 0.29) is 5.91 Å². The van der Waals surface area contributed by atoms with Crippen LogP contribution in [0.5, 0.6) is 11.5 Å². The van der Waals surface area contributed by atoms with Crippen LogP contribution in [0.15, 0.2) is 54.0 Å². The van der Waals surface area contributed by atoms with Crippen LogP contribution in [0.2, 0.25) is 0 Å². The molecule has 4 nitrogen and oxygen atoms in total. The molecule has 0 unspecified atom stereocenters. The van der Waals surface area contributed by atoms with E-state index < -0.39 is 0 Å². The molecule has 1 heterocycles. The van der Waals surface area contributed by atoms with Gasteiger partial charge in [-0.15, -0.1) is 6.58 Å². The Hall–Kier alpha value is -2.57. The van der Waals surface area contributed by atoms with Crippen LogP contribution in [0.4, 0.5) is 5.69 Å². The van der Waals surface area contributed by atoms with Gasteiger partial charge in [0.1, 0.15) is 0 Å². The largest absolute Gasteiger partial charge is 0.490 e. The molecule has 1 aliphatic heterocycles. The monoisotopic (exact) mass is 439 g/mol. The van der Waals surface area contributed by atoms with Gasteiger partial charge < -0.3 is 9.47 Å². The molecule has 30 heavy (non-hydrogen) atoms. The Balaban J connectivity index is 1.99. The zero-order valence-corrected chi connectivity index (χ0v) is 19.1. The van der Waals surface area contributed by atoms with Gasteiger partial charge in [-0.2, -0.15) is 0 Å². The number of rotatable bonds is 8. The Labute approximate surface area is 187 Å². The van der Waals surface area contributed by atoms with Crippen molar-refractivity contribution < 1.29 is 14.3 Å². The number of amides is 1. The average molecular weight is 440 g/mol. The van der Waals surface area contributed by atoms with Crippen LogP contribution >= 0.6 is 24.0 Å². The van der Waals surface area contributed by atoms with E-state index in [9.17, 15) is 4.79 Å². The van der Waals surface area contributed by atoms with Gasteiger partial charge in [0, 0.05) is 5.56 Å². The van der Waals surface area contributed by atoms with Gasteiger partial charge in [-0.1, -0.05) is 47.8 Å². The molecule has 0 bridgehead atoms. The lowest BCUT2D eigenvalue weighted by atomic mass is 10.0. The van der Waals surface area contributed by atoms with Crippen molar-refractivity contribution in [2.75, 3.05) is 18.1 Å². The first-order valence-corrected chi connectivity index (χ1v) is 11.1. The number of hydrogen-bond donors (Lipinski definition) is 0. The first kappa shape index (κ1) is 22.1. The summed E-state index contributed by atoms with van der Waals surface area (Å²) in [4.78, 5) is 15.2. The number of benzene rings is 2. The average Bonchev–Trinajstić information content (AvgIpc) is 2.99. The number of anilines is 1. The minimum atomic E-state index is -0.119. The van der Waals surface area contributed by atoms with Gasteiger partial charge in [-0.3, -0.25) is 9.69 Å². The Kier molecular flexibility index (Phi) is 7.34. The zero-order valence-electron chi connectivity index (χ0n) is 17.4. The Morgan fingerprint density at radius 1 is 1.13 bits per heavy atom. The summed E-state index contributed by atoms with van der Waals surface area (Å²) < 4.78 is 12.2. The molecule has 0 aromatic heterocycles. The fourth-order valence-corrected chi connectivity index (χ4v) is 4.48. The van der Waals surface area contributed by atoms with Crippen LogP contribution in [0.3, 0.4) is 0 Å². The predicted octanol–water partition coefficient (Wildman–Crippen LogP) is 5.93. The van der Waals surface area contributed by atoms with E-state index in [2.05, 4.69) is 6.58 Å². The molecule has 0 aliphatic carbocycles. The zero-order chi connectivity index (χ0) is 21.7. The maximum Gasteiger partial charge on any atom is 0.270 e. The molecular weight excluding hydrogens is 414 g/mol. The number of allylic oxidation sites excluding steroid dienone is 1. The van der Waals surface area contributed by atoms with Crippen molar-refractivity contribution in [3.63, 3.8) is 0 Å². The third kappa shape index (κ3) is 4.77. The van der Waals surface area contributed by atoms with Crippen LogP contribution in [-0.4, -0.2) is 23.4 Å². The van der Waals surface area contributed by atoms with Gasteiger partial charge in [0.2, 0.25) is 0 Å². The third-order valence-corrected chi connectivity index (χ3v) is 5.79. The van der Waals surface area contributed by atoms with Crippen LogP contribution in [0.1, 0.15) is 30.5 Å². The summed E-state index contributed by atoms with van der Waals surface area (Å²) in [6.07, 6.45) is 4.33. The van der Waals surface area contributed by atoms with Gasteiger partial charge >= 0.3 is 0 Å². The molecule has 2 aromatic carbocycles. The molecule has 6 heteroatoms. The molecule has 0 spiro atoms. The molecule has 0 saturated carbocycles. The third-order valence-electron chi connectivity index (χ3n) is 4.49.